The summed E-state index contributed by atoms with van der Waals surface area (Å²) in [6.07, 6.45) is 1.75. The van der Waals surface area contributed by atoms with E-state index >= 15 is 0 Å². The molecule has 2 aromatic rings. The highest BCUT2D eigenvalue weighted by Gasteiger charge is 2.37. The minimum Gasteiger partial charge on any atom is -0.351 e. The zero-order valence-corrected chi connectivity index (χ0v) is 15.1. The van der Waals surface area contributed by atoms with E-state index < -0.39 is 10.0 Å². The highest BCUT2D eigenvalue weighted by molar-refractivity contribution is 7.91. The number of nitrogens with zero attached hydrogens (tertiary/aromatic N) is 1. The Bertz CT molecular complexity index is 781. The van der Waals surface area contributed by atoms with Crippen LogP contribution >= 0.6 is 22.7 Å². The quantitative estimate of drug-likeness (QED) is 0.880. The van der Waals surface area contributed by atoms with E-state index in [2.05, 4.69) is 5.32 Å². The normalized spacial score (nSPS) is 19.1. The topological polar surface area (TPSA) is 66.5 Å². The fourth-order valence-electron chi connectivity index (χ4n) is 2.71. The number of thiophene rings is 2. The number of rotatable bonds is 5. The van der Waals surface area contributed by atoms with Crippen LogP contribution in [-0.2, 0) is 21.4 Å². The number of carbonyl (C=O) groups is 1. The monoisotopic (exact) mass is 370 g/mol. The van der Waals surface area contributed by atoms with Crippen molar-refractivity contribution in [2.24, 2.45) is 0 Å². The van der Waals surface area contributed by atoms with Gasteiger partial charge < -0.3 is 5.32 Å². The van der Waals surface area contributed by atoms with Crippen molar-refractivity contribution in [1.29, 1.82) is 0 Å². The molecule has 8 heteroatoms. The molecule has 1 unspecified atom stereocenters. The van der Waals surface area contributed by atoms with Crippen LogP contribution in [0.5, 0.6) is 0 Å². The summed E-state index contributed by atoms with van der Waals surface area (Å²) in [5, 5.41) is 4.67. The van der Waals surface area contributed by atoms with E-state index in [1.54, 1.807) is 27.8 Å². The molecule has 1 N–H and O–H groups in total. The van der Waals surface area contributed by atoms with E-state index in [4.69, 9.17) is 0 Å². The molecule has 1 aliphatic heterocycles. The van der Waals surface area contributed by atoms with Gasteiger partial charge in [0.25, 0.3) is 10.0 Å². The van der Waals surface area contributed by atoms with Crippen molar-refractivity contribution in [3.63, 3.8) is 0 Å². The van der Waals surface area contributed by atoms with E-state index in [1.165, 1.54) is 18.3 Å². The predicted molar refractivity (Wildman–Crippen MR) is 92.0 cm³/mol. The molecule has 1 amide bonds. The van der Waals surface area contributed by atoms with E-state index in [9.17, 15) is 13.2 Å². The molecule has 124 valence electrons. The van der Waals surface area contributed by atoms with Gasteiger partial charge in [0.2, 0.25) is 5.91 Å². The average Bonchev–Trinajstić information content (AvgIpc) is 3.23. The van der Waals surface area contributed by atoms with E-state index in [0.29, 0.717) is 17.3 Å². The lowest BCUT2D eigenvalue weighted by Gasteiger charge is -2.22. The van der Waals surface area contributed by atoms with E-state index in [-0.39, 0.29) is 11.9 Å². The third kappa shape index (κ3) is 3.50. The smallest absolute Gasteiger partial charge is 0.253 e. The standard InChI is InChI=1S/C15H18N2O3S3/c1-11(18)16-10-12-6-7-15(22-12)23(19,20)17-8-2-4-13(17)14-5-3-9-21-14/h3,5-7,9,13H,2,4,8,10H2,1H3,(H,16,18). The third-order valence-corrected chi connectivity index (χ3v) is 8.22. The van der Waals surface area contributed by atoms with Crippen molar-refractivity contribution in [1.82, 2.24) is 9.62 Å². The van der Waals surface area contributed by atoms with Crippen molar-refractivity contribution in [2.75, 3.05) is 6.54 Å². The Morgan fingerprint density at radius 2 is 2.22 bits per heavy atom. The molecule has 1 aliphatic rings. The molecule has 1 fully saturated rings. The summed E-state index contributed by atoms with van der Waals surface area (Å²) in [5.74, 6) is -0.125. The maximum atomic E-state index is 12.9. The average molecular weight is 371 g/mol. The van der Waals surface area contributed by atoms with Crippen molar-refractivity contribution in [3.8, 4) is 0 Å². The third-order valence-electron chi connectivity index (χ3n) is 3.79. The van der Waals surface area contributed by atoms with Crippen molar-refractivity contribution in [2.45, 2.75) is 36.6 Å². The van der Waals surface area contributed by atoms with Crippen LogP contribution in [0, 0.1) is 0 Å². The van der Waals surface area contributed by atoms with Crippen LogP contribution in [0.25, 0.3) is 0 Å². The number of amides is 1. The molecule has 0 bridgehead atoms. The molecule has 2 aromatic heterocycles. The molecule has 0 saturated carbocycles. The Morgan fingerprint density at radius 1 is 1.39 bits per heavy atom. The molecule has 0 radical (unpaired) electrons. The Morgan fingerprint density at radius 3 is 2.91 bits per heavy atom. The van der Waals surface area contributed by atoms with Gasteiger partial charge in [-0.05, 0) is 36.4 Å². The summed E-state index contributed by atoms with van der Waals surface area (Å²) in [6, 6.07) is 7.31. The molecular weight excluding hydrogens is 352 g/mol. The van der Waals surface area contributed by atoms with Gasteiger partial charge in [0.15, 0.2) is 0 Å². The Kier molecular flexibility index (Phi) is 4.86. The number of nitrogens with one attached hydrogen (secondary N) is 1. The lowest BCUT2D eigenvalue weighted by Crippen LogP contribution is -2.29. The summed E-state index contributed by atoms with van der Waals surface area (Å²) >= 11 is 2.83. The maximum absolute atomic E-state index is 12.9. The first-order valence-corrected chi connectivity index (χ1v) is 10.5. The Hall–Kier alpha value is -1.22. The largest absolute Gasteiger partial charge is 0.351 e. The summed E-state index contributed by atoms with van der Waals surface area (Å²) in [7, 11) is -3.49. The second-order valence-electron chi connectivity index (χ2n) is 5.42. The van der Waals surface area contributed by atoms with Crippen molar-refractivity contribution >= 4 is 38.6 Å². The molecular formula is C15H18N2O3S3. The molecule has 0 aliphatic carbocycles. The van der Waals surface area contributed by atoms with Gasteiger partial charge in [-0.2, -0.15) is 4.31 Å². The van der Waals surface area contributed by atoms with Crippen LogP contribution in [0.3, 0.4) is 0 Å². The fourth-order valence-corrected chi connectivity index (χ4v) is 6.75. The van der Waals surface area contributed by atoms with Crippen LogP contribution in [0.15, 0.2) is 33.9 Å². The van der Waals surface area contributed by atoms with Crippen molar-refractivity contribution < 1.29 is 13.2 Å². The van der Waals surface area contributed by atoms with Gasteiger partial charge in [0.05, 0.1) is 12.6 Å². The van der Waals surface area contributed by atoms with Gasteiger partial charge >= 0.3 is 0 Å². The molecule has 0 aromatic carbocycles. The van der Waals surface area contributed by atoms with Crippen LogP contribution < -0.4 is 5.32 Å². The van der Waals surface area contributed by atoms with Crippen LogP contribution in [0.4, 0.5) is 0 Å². The second kappa shape index (κ2) is 6.72. The summed E-state index contributed by atoms with van der Waals surface area (Å²) in [6.45, 7) is 2.37. The first-order valence-electron chi connectivity index (χ1n) is 7.37. The number of sulfonamides is 1. The number of carbonyl (C=O) groups excluding carboxylic acids is 1. The lowest BCUT2D eigenvalue weighted by molar-refractivity contribution is -0.119. The SMILES string of the molecule is CC(=O)NCc1ccc(S(=O)(=O)N2CCCC2c2cccs2)s1. The summed E-state index contributed by atoms with van der Waals surface area (Å²) in [4.78, 5) is 12.9. The van der Waals surface area contributed by atoms with Crippen molar-refractivity contribution in [3.05, 3.63) is 39.4 Å². The fraction of sp³-hybridized carbons (Fsp3) is 0.400. The van der Waals surface area contributed by atoms with E-state index in [0.717, 1.165) is 22.6 Å². The number of hydrogen-bond acceptors (Lipinski definition) is 5. The minimum atomic E-state index is -3.49. The highest BCUT2D eigenvalue weighted by atomic mass is 32.2. The number of hydrogen-bond donors (Lipinski definition) is 1. The van der Waals surface area contributed by atoms with Gasteiger partial charge in [-0.25, -0.2) is 8.42 Å². The summed E-state index contributed by atoms with van der Waals surface area (Å²) < 4.78 is 27.9. The van der Waals surface area contributed by atoms with Crippen LogP contribution in [-0.4, -0.2) is 25.2 Å². The molecule has 1 atom stereocenters. The zero-order chi connectivity index (χ0) is 16.4. The molecule has 3 heterocycles. The van der Waals surface area contributed by atoms with Crippen LogP contribution in [0.2, 0.25) is 0 Å². The molecule has 23 heavy (non-hydrogen) atoms. The van der Waals surface area contributed by atoms with E-state index in [1.807, 2.05) is 17.5 Å². The predicted octanol–water partition coefficient (Wildman–Crippen LogP) is 2.97. The first kappa shape index (κ1) is 16.6. The summed E-state index contributed by atoms with van der Waals surface area (Å²) in [5.41, 5.74) is 0. The lowest BCUT2D eigenvalue weighted by atomic mass is 10.2. The van der Waals surface area contributed by atoms with Gasteiger partial charge in [0, 0.05) is 23.2 Å². The molecule has 1 saturated heterocycles. The molecule has 0 spiro atoms. The minimum absolute atomic E-state index is 0.0547. The van der Waals surface area contributed by atoms with Crippen LogP contribution in [0.1, 0.15) is 35.6 Å². The molecule has 5 nitrogen and oxygen atoms in total. The highest BCUT2D eigenvalue weighted by Crippen LogP contribution is 2.39. The van der Waals surface area contributed by atoms with Gasteiger partial charge in [-0.1, -0.05) is 6.07 Å². The van der Waals surface area contributed by atoms with Gasteiger partial charge in [-0.15, -0.1) is 22.7 Å². The zero-order valence-electron chi connectivity index (χ0n) is 12.7. The Balaban J connectivity index is 1.82. The first-order chi connectivity index (χ1) is 11.0. The van der Waals surface area contributed by atoms with Gasteiger partial charge in [0.1, 0.15) is 4.21 Å². The molecule has 3 rings (SSSR count). The van der Waals surface area contributed by atoms with Gasteiger partial charge in [-0.3, -0.25) is 4.79 Å². The Labute approximate surface area is 144 Å². The second-order valence-corrected chi connectivity index (χ2v) is 9.68. The maximum Gasteiger partial charge on any atom is 0.253 e.